The third-order valence-corrected chi connectivity index (χ3v) is 10.8. The number of hydrogen-bond acceptors (Lipinski definition) is 9. The number of benzene rings is 2. The lowest BCUT2D eigenvalue weighted by Crippen LogP contribution is -2.38. The summed E-state index contributed by atoms with van der Waals surface area (Å²) < 4.78 is 35.4. The molecule has 3 heterocycles. The minimum absolute atomic E-state index is 0. The number of carbonyl (C=O) groups is 1. The second-order valence-electron chi connectivity index (χ2n) is 12.6. The molecule has 0 unspecified atom stereocenters. The Morgan fingerprint density at radius 2 is 1.88 bits per heavy atom. The lowest BCUT2D eigenvalue weighted by Gasteiger charge is -2.36. The van der Waals surface area contributed by atoms with E-state index in [-0.39, 0.29) is 43.5 Å². The molecule has 7 N–H and O–H groups in total. The second-order valence-corrected chi connectivity index (χ2v) is 14.5. The molecule has 5 rings (SSSR count). The van der Waals surface area contributed by atoms with E-state index in [9.17, 15) is 13.2 Å². The Balaban J connectivity index is 0.00000325. The number of pyridine rings is 2. The molecule has 11 nitrogen and oxygen atoms in total. The smallest absolute Gasteiger partial charge is 0.248 e. The molecule has 48 heavy (non-hydrogen) atoms. The van der Waals surface area contributed by atoms with Crippen LogP contribution in [0, 0.1) is 19.3 Å². The highest BCUT2D eigenvalue weighted by molar-refractivity contribution is 7.89. The molecule has 0 fully saturated rings. The molecule has 1 aliphatic heterocycles. The molecule has 0 spiro atoms. The van der Waals surface area contributed by atoms with Crippen LogP contribution in [0.3, 0.4) is 0 Å². The van der Waals surface area contributed by atoms with E-state index in [1.807, 2.05) is 71.9 Å². The van der Waals surface area contributed by atoms with Crippen LogP contribution in [0.25, 0.3) is 0 Å². The molecular weight excluding hydrogens is 627 g/mol. The number of amides is 1. The van der Waals surface area contributed by atoms with Crippen molar-refractivity contribution in [3.8, 4) is 5.88 Å². The molecule has 0 aliphatic carbocycles. The number of aryl methyl sites for hydroxylation is 1. The first-order valence-corrected chi connectivity index (χ1v) is 17.4. The van der Waals surface area contributed by atoms with Gasteiger partial charge < -0.3 is 27.3 Å². The van der Waals surface area contributed by atoms with E-state index in [1.54, 1.807) is 30.6 Å². The molecule has 2 atom stereocenters. The summed E-state index contributed by atoms with van der Waals surface area (Å²) in [4.78, 5) is 22.5. The third kappa shape index (κ3) is 7.15. The van der Waals surface area contributed by atoms with Gasteiger partial charge >= 0.3 is 0 Å². The van der Waals surface area contributed by atoms with Crippen molar-refractivity contribution in [3.05, 3.63) is 101 Å². The van der Waals surface area contributed by atoms with Crippen LogP contribution in [0.5, 0.6) is 5.88 Å². The fourth-order valence-corrected chi connectivity index (χ4v) is 7.68. The van der Waals surface area contributed by atoms with Gasteiger partial charge in [-0.2, -0.15) is 4.31 Å². The highest BCUT2D eigenvalue weighted by Crippen LogP contribution is 2.45. The average molecular weight is 676 g/mol. The SMILES string of the molecule is CCNc1ccc([C@@H](c2ccc(C)c(CN3C[C@@H](CC)Oc4ncccc4S3(=O)=O)c2)C(C)(C)C(=O)Nc2cccnc2)c(C)c1N.N.[HH]. The van der Waals surface area contributed by atoms with Gasteiger partial charge in [0.05, 0.1) is 35.2 Å². The summed E-state index contributed by atoms with van der Waals surface area (Å²) >= 11 is 0. The molecule has 2 aromatic carbocycles. The number of rotatable bonds is 10. The molecule has 0 saturated carbocycles. The van der Waals surface area contributed by atoms with Gasteiger partial charge in [0.25, 0.3) is 0 Å². The number of aromatic nitrogens is 2. The Morgan fingerprint density at radius 1 is 1.12 bits per heavy atom. The van der Waals surface area contributed by atoms with Crippen molar-refractivity contribution in [2.45, 2.75) is 71.4 Å². The minimum Gasteiger partial charge on any atom is -0.472 e. The zero-order chi connectivity index (χ0) is 33.9. The van der Waals surface area contributed by atoms with Crippen molar-refractivity contribution >= 4 is 33.0 Å². The van der Waals surface area contributed by atoms with Crippen molar-refractivity contribution < 1.29 is 19.4 Å². The van der Waals surface area contributed by atoms with Gasteiger partial charge in [-0.25, -0.2) is 13.4 Å². The predicted molar refractivity (Wildman–Crippen MR) is 193 cm³/mol. The molecule has 4 aromatic rings. The highest BCUT2D eigenvalue weighted by atomic mass is 32.2. The highest BCUT2D eigenvalue weighted by Gasteiger charge is 2.41. The number of anilines is 3. The Bertz CT molecular complexity index is 1870. The Kier molecular flexibility index (Phi) is 11.1. The number of carbonyl (C=O) groups excluding carboxylic acids is 1. The fraction of sp³-hybridized carbons (Fsp3) is 0.361. The molecule has 258 valence electrons. The number of sulfonamides is 1. The van der Waals surface area contributed by atoms with Gasteiger partial charge in [-0.3, -0.25) is 9.78 Å². The lowest BCUT2D eigenvalue weighted by molar-refractivity contribution is -0.124. The largest absolute Gasteiger partial charge is 0.472 e. The standard InChI is InChI=1S/C36H44N6O4S.H3N.H2/c1-7-28-22-42(47(44,45)31-12-10-18-40-34(31)46-28)21-26-19-25(14-13-23(26)3)32(29-15-16-30(39-8-2)33(37)24(29)4)36(5,6)35(43)41-27-11-9-17-38-20-27;;/h9-20,28,32,39H,7-8,21-22,37H2,1-6H3,(H,41,43);1H3;1H/t28-,32-;;/m1../s1. The van der Waals surface area contributed by atoms with Gasteiger partial charge in [0.1, 0.15) is 11.0 Å². The molecule has 0 bridgehead atoms. The second kappa shape index (κ2) is 14.7. The Hall–Kier alpha value is -4.52. The van der Waals surface area contributed by atoms with Crippen LogP contribution in [0.15, 0.2) is 78.1 Å². The summed E-state index contributed by atoms with van der Waals surface area (Å²) in [7, 11) is -3.91. The van der Waals surface area contributed by atoms with Crippen LogP contribution >= 0.6 is 0 Å². The first-order chi connectivity index (χ1) is 22.4. The van der Waals surface area contributed by atoms with Gasteiger partial charge in [0, 0.05) is 32.8 Å². The first kappa shape index (κ1) is 36.3. The molecule has 1 amide bonds. The van der Waals surface area contributed by atoms with Crippen molar-refractivity contribution in [2.75, 3.05) is 29.5 Å². The quantitative estimate of drug-likeness (QED) is 0.134. The van der Waals surface area contributed by atoms with Gasteiger partial charge in [-0.05, 0) is 85.3 Å². The van der Waals surface area contributed by atoms with Crippen molar-refractivity contribution in [1.82, 2.24) is 20.4 Å². The summed E-state index contributed by atoms with van der Waals surface area (Å²) in [6.07, 6.45) is 5.07. The Morgan fingerprint density at radius 3 is 2.56 bits per heavy atom. The first-order valence-electron chi connectivity index (χ1n) is 15.9. The number of nitrogens with zero attached hydrogens (tertiary/aromatic N) is 3. The number of ether oxygens (including phenoxy) is 1. The van der Waals surface area contributed by atoms with Crippen LogP contribution in [0.1, 0.15) is 69.3 Å². The third-order valence-electron chi connectivity index (χ3n) is 9.01. The monoisotopic (exact) mass is 675 g/mol. The number of nitrogens with two attached hydrogens (primary N) is 1. The van der Waals surface area contributed by atoms with E-state index in [0.717, 1.165) is 40.0 Å². The van der Waals surface area contributed by atoms with Gasteiger partial charge in [0.2, 0.25) is 21.8 Å². The summed E-state index contributed by atoms with van der Waals surface area (Å²) in [6.45, 7) is 12.8. The molecule has 2 aromatic heterocycles. The summed E-state index contributed by atoms with van der Waals surface area (Å²) in [5.74, 6) is -0.495. The van der Waals surface area contributed by atoms with Crippen molar-refractivity contribution in [3.63, 3.8) is 0 Å². The zero-order valence-corrected chi connectivity index (χ0v) is 29.4. The van der Waals surface area contributed by atoms with Gasteiger partial charge in [-0.1, -0.05) is 45.0 Å². The molecular formula is C36H49N7O4S. The fourth-order valence-electron chi connectivity index (χ4n) is 6.16. The predicted octanol–water partition coefficient (Wildman–Crippen LogP) is 6.67. The van der Waals surface area contributed by atoms with Crippen molar-refractivity contribution in [1.29, 1.82) is 0 Å². The van der Waals surface area contributed by atoms with E-state index in [2.05, 4.69) is 20.6 Å². The van der Waals surface area contributed by atoms with E-state index >= 15 is 0 Å². The minimum atomic E-state index is -3.91. The van der Waals surface area contributed by atoms with Crippen LogP contribution in [0.2, 0.25) is 0 Å². The molecule has 12 heteroatoms. The maximum absolute atomic E-state index is 14.1. The molecule has 0 radical (unpaired) electrons. The zero-order valence-electron chi connectivity index (χ0n) is 28.6. The van der Waals surface area contributed by atoms with Gasteiger partial charge in [0.15, 0.2) is 0 Å². The van der Waals surface area contributed by atoms with Gasteiger partial charge in [-0.15, -0.1) is 0 Å². The van der Waals surface area contributed by atoms with E-state index in [4.69, 9.17) is 10.5 Å². The van der Waals surface area contributed by atoms with E-state index in [1.165, 1.54) is 16.6 Å². The van der Waals surface area contributed by atoms with Crippen LogP contribution < -0.4 is 27.3 Å². The van der Waals surface area contributed by atoms with E-state index < -0.39 is 21.4 Å². The topological polar surface area (TPSA) is 175 Å². The summed E-state index contributed by atoms with van der Waals surface area (Å²) in [6, 6.07) is 16.7. The maximum atomic E-state index is 14.1. The van der Waals surface area contributed by atoms with Crippen molar-refractivity contribution in [2.24, 2.45) is 5.41 Å². The number of hydrogen-bond donors (Lipinski definition) is 4. The van der Waals surface area contributed by atoms with Crippen LogP contribution in [0.4, 0.5) is 17.1 Å². The molecule has 1 aliphatic rings. The van der Waals surface area contributed by atoms with Crippen LogP contribution in [-0.2, 0) is 21.4 Å². The average Bonchev–Trinajstić information content (AvgIpc) is 3.15. The van der Waals surface area contributed by atoms with E-state index in [0.29, 0.717) is 17.8 Å². The van der Waals surface area contributed by atoms with Crippen LogP contribution in [-0.4, -0.2) is 47.8 Å². The molecule has 0 saturated heterocycles. The number of nitrogens with one attached hydrogen (secondary N) is 2. The maximum Gasteiger partial charge on any atom is 0.248 e. The summed E-state index contributed by atoms with van der Waals surface area (Å²) in [5, 5.41) is 6.36. The Labute approximate surface area is 285 Å². The normalized spacial score (nSPS) is 16.4. The lowest BCUT2D eigenvalue weighted by atomic mass is 9.69. The summed E-state index contributed by atoms with van der Waals surface area (Å²) in [5.41, 5.74) is 12.2. The number of fused-ring (bicyclic) bond motifs is 1. The number of nitrogen functional groups attached to an aromatic ring is 1.